The molecule has 1 aliphatic heterocycles. The molecule has 1 saturated heterocycles. The summed E-state index contributed by atoms with van der Waals surface area (Å²) in [5.41, 5.74) is 0. The average Bonchev–Trinajstić information content (AvgIpc) is 2.84. The number of amides is 2. The van der Waals surface area contributed by atoms with Crippen LogP contribution in [0.1, 0.15) is 5.82 Å². The molecule has 0 radical (unpaired) electrons. The Balaban J connectivity index is 1.66. The number of aryl methyl sites for hydroxylation is 1. The highest BCUT2D eigenvalue weighted by Gasteiger charge is 2.21. The van der Waals surface area contributed by atoms with Gasteiger partial charge in [-0.1, -0.05) is 0 Å². The second-order valence-electron chi connectivity index (χ2n) is 4.97. The topological polar surface area (TPSA) is 104 Å². The van der Waals surface area contributed by atoms with E-state index in [4.69, 9.17) is 5.11 Å². The highest BCUT2D eigenvalue weighted by atomic mass is 16.4. The summed E-state index contributed by atoms with van der Waals surface area (Å²) in [7, 11) is 1.80. The van der Waals surface area contributed by atoms with Gasteiger partial charge in [0.15, 0.2) is 5.82 Å². The molecule has 1 fully saturated rings. The van der Waals surface area contributed by atoms with E-state index in [0.717, 1.165) is 0 Å². The minimum atomic E-state index is -0.837. The predicted molar refractivity (Wildman–Crippen MR) is 73.8 cm³/mol. The molecule has 116 valence electrons. The van der Waals surface area contributed by atoms with E-state index >= 15 is 0 Å². The second kappa shape index (κ2) is 7.02. The highest BCUT2D eigenvalue weighted by molar-refractivity contribution is 5.74. The minimum absolute atomic E-state index is 0.0286. The van der Waals surface area contributed by atoms with Crippen LogP contribution in [-0.2, 0) is 18.3 Å². The fourth-order valence-electron chi connectivity index (χ4n) is 2.19. The van der Waals surface area contributed by atoms with Crippen molar-refractivity contribution in [1.29, 1.82) is 0 Å². The molecular weight excluding hydrogens is 276 g/mol. The summed E-state index contributed by atoms with van der Waals surface area (Å²) >= 11 is 0. The van der Waals surface area contributed by atoms with E-state index in [-0.39, 0.29) is 12.6 Å². The maximum atomic E-state index is 12.0. The fraction of sp³-hybridized carbons (Fsp3) is 0.667. The van der Waals surface area contributed by atoms with Crippen molar-refractivity contribution in [3.05, 3.63) is 12.2 Å². The highest BCUT2D eigenvalue weighted by Crippen LogP contribution is 2.01. The van der Waals surface area contributed by atoms with Gasteiger partial charge < -0.3 is 15.3 Å². The lowest BCUT2D eigenvalue weighted by molar-refractivity contribution is -0.138. The van der Waals surface area contributed by atoms with Gasteiger partial charge in [0.2, 0.25) is 0 Å². The van der Waals surface area contributed by atoms with Gasteiger partial charge >= 0.3 is 12.0 Å². The van der Waals surface area contributed by atoms with Crippen molar-refractivity contribution in [2.24, 2.45) is 7.05 Å². The van der Waals surface area contributed by atoms with Gasteiger partial charge in [0.25, 0.3) is 0 Å². The number of carbonyl (C=O) groups excluding carboxylic acids is 1. The van der Waals surface area contributed by atoms with E-state index in [0.29, 0.717) is 45.0 Å². The molecule has 0 aromatic carbocycles. The van der Waals surface area contributed by atoms with Gasteiger partial charge in [0.1, 0.15) is 6.33 Å². The van der Waals surface area contributed by atoms with E-state index in [1.165, 1.54) is 0 Å². The minimum Gasteiger partial charge on any atom is -0.480 e. The maximum absolute atomic E-state index is 12.0. The first-order valence-corrected chi connectivity index (χ1v) is 6.86. The molecule has 9 nitrogen and oxygen atoms in total. The van der Waals surface area contributed by atoms with Crippen LogP contribution in [0.3, 0.4) is 0 Å². The van der Waals surface area contributed by atoms with Crippen LogP contribution in [0.2, 0.25) is 0 Å². The van der Waals surface area contributed by atoms with Crippen LogP contribution >= 0.6 is 0 Å². The number of carboxylic acid groups (broad SMARTS) is 1. The summed E-state index contributed by atoms with van der Waals surface area (Å²) in [6.07, 6.45) is 2.21. The van der Waals surface area contributed by atoms with Crippen molar-refractivity contribution in [2.75, 3.05) is 39.3 Å². The number of hydrogen-bond acceptors (Lipinski definition) is 5. The first-order chi connectivity index (χ1) is 10.0. The van der Waals surface area contributed by atoms with Gasteiger partial charge in [0.05, 0.1) is 6.54 Å². The number of hydrogen-bond donors (Lipinski definition) is 2. The van der Waals surface area contributed by atoms with E-state index in [9.17, 15) is 9.59 Å². The number of carbonyl (C=O) groups is 2. The zero-order chi connectivity index (χ0) is 15.2. The van der Waals surface area contributed by atoms with Gasteiger partial charge in [0, 0.05) is 46.2 Å². The summed E-state index contributed by atoms with van der Waals surface area (Å²) in [6.45, 7) is 2.77. The largest absolute Gasteiger partial charge is 0.480 e. The number of rotatable bonds is 5. The van der Waals surface area contributed by atoms with Crippen LogP contribution in [0.25, 0.3) is 0 Å². The fourth-order valence-corrected chi connectivity index (χ4v) is 2.19. The summed E-state index contributed by atoms with van der Waals surface area (Å²) in [5.74, 6) is -0.139. The number of piperazine rings is 1. The Morgan fingerprint density at radius 1 is 1.33 bits per heavy atom. The summed E-state index contributed by atoms with van der Waals surface area (Å²) in [6, 6.07) is -0.124. The lowest BCUT2D eigenvalue weighted by Gasteiger charge is -2.33. The van der Waals surface area contributed by atoms with Gasteiger partial charge in [-0.15, -0.1) is 0 Å². The van der Waals surface area contributed by atoms with Gasteiger partial charge in [-0.25, -0.2) is 9.78 Å². The molecule has 0 aliphatic carbocycles. The van der Waals surface area contributed by atoms with Gasteiger partial charge in [-0.2, -0.15) is 5.10 Å². The summed E-state index contributed by atoms with van der Waals surface area (Å²) in [4.78, 5) is 30.2. The molecule has 9 heteroatoms. The van der Waals surface area contributed by atoms with Crippen molar-refractivity contribution >= 4 is 12.0 Å². The first-order valence-electron chi connectivity index (χ1n) is 6.86. The number of nitrogens with zero attached hydrogens (tertiary/aromatic N) is 5. The molecule has 0 bridgehead atoms. The van der Waals surface area contributed by atoms with E-state index in [1.807, 2.05) is 4.90 Å². The van der Waals surface area contributed by atoms with Crippen LogP contribution in [0.5, 0.6) is 0 Å². The lowest BCUT2D eigenvalue weighted by Crippen LogP contribution is -2.52. The van der Waals surface area contributed by atoms with E-state index in [2.05, 4.69) is 15.4 Å². The second-order valence-corrected chi connectivity index (χ2v) is 4.97. The molecule has 2 heterocycles. The number of aliphatic carboxylic acids is 1. The van der Waals surface area contributed by atoms with E-state index in [1.54, 1.807) is 23.0 Å². The number of nitrogens with one attached hydrogen (secondary N) is 1. The molecule has 0 spiro atoms. The Hall–Kier alpha value is -2.16. The third kappa shape index (κ3) is 4.71. The number of urea groups is 1. The van der Waals surface area contributed by atoms with Crippen LogP contribution in [0.15, 0.2) is 6.33 Å². The molecule has 1 aromatic rings. The summed E-state index contributed by atoms with van der Waals surface area (Å²) < 4.78 is 1.62. The Labute approximate surface area is 122 Å². The third-order valence-electron chi connectivity index (χ3n) is 3.29. The molecule has 2 rings (SSSR count). The van der Waals surface area contributed by atoms with Crippen LogP contribution in [0, 0.1) is 0 Å². The Morgan fingerprint density at radius 2 is 2.05 bits per heavy atom. The zero-order valence-electron chi connectivity index (χ0n) is 12.0. The Bertz CT molecular complexity index is 495. The normalized spacial score (nSPS) is 16.0. The smallest absolute Gasteiger partial charge is 0.317 e. The number of carboxylic acids is 1. The first kappa shape index (κ1) is 15.2. The van der Waals surface area contributed by atoms with E-state index < -0.39 is 5.97 Å². The molecule has 1 aliphatic rings. The van der Waals surface area contributed by atoms with Crippen molar-refractivity contribution < 1.29 is 14.7 Å². The zero-order valence-corrected chi connectivity index (χ0v) is 12.0. The van der Waals surface area contributed by atoms with Crippen LogP contribution in [-0.4, -0.2) is 80.9 Å². The van der Waals surface area contributed by atoms with Gasteiger partial charge in [-0.3, -0.25) is 14.4 Å². The Morgan fingerprint density at radius 3 is 2.62 bits per heavy atom. The Kier molecular flexibility index (Phi) is 5.09. The van der Waals surface area contributed by atoms with Crippen LogP contribution < -0.4 is 5.32 Å². The quantitative estimate of drug-likeness (QED) is 0.705. The molecule has 0 atom stereocenters. The summed E-state index contributed by atoms with van der Waals surface area (Å²) in [5, 5.41) is 15.7. The van der Waals surface area contributed by atoms with Crippen molar-refractivity contribution in [3.8, 4) is 0 Å². The SMILES string of the molecule is Cn1cnc(CCNC(=O)N2CCN(CC(=O)O)CC2)n1. The molecule has 0 unspecified atom stereocenters. The molecule has 2 N–H and O–H groups in total. The predicted octanol–water partition coefficient (Wildman–Crippen LogP) is -1.23. The van der Waals surface area contributed by atoms with Crippen LogP contribution in [0.4, 0.5) is 4.79 Å². The maximum Gasteiger partial charge on any atom is 0.317 e. The van der Waals surface area contributed by atoms with Crippen molar-refractivity contribution in [1.82, 2.24) is 29.9 Å². The molecular formula is C12H20N6O3. The van der Waals surface area contributed by atoms with Crippen molar-refractivity contribution in [2.45, 2.75) is 6.42 Å². The molecule has 2 amide bonds. The lowest BCUT2D eigenvalue weighted by atomic mass is 10.3. The molecule has 1 aromatic heterocycles. The number of aromatic nitrogens is 3. The third-order valence-corrected chi connectivity index (χ3v) is 3.29. The monoisotopic (exact) mass is 296 g/mol. The molecule has 21 heavy (non-hydrogen) atoms. The standard InChI is InChI=1S/C12H20N6O3/c1-16-9-14-10(15-16)2-3-13-12(21)18-6-4-17(5-7-18)8-11(19)20/h9H,2-8H2,1H3,(H,13,21)(H,19,20). The molecule has 0 saturated carbocycles. The van der Waals surface area contributed by atoms with Gasteiger partial charge in [-0.05, 0) is 0 Å². The van der Waals surface area contributed by atoms with Crippen molar-refractivity contribution in [3.63, 3.8) is 0 Å². The average molecular weight is 296 g/mol.